The predicted molar refractivity (Wildman–Crippen MR) is 114 cm³/mol. The number of benzene rings is 2. The fraction of sp³-hybridized carbons (Fsp3) is 0.409. The first-order valence-corrected chi connectivity index (χ1v) is 9.97. The number of rotatable bonds is 6. The molecule has 1 fully saturated rings. The van der Waals surface area contributed by atoms with Gasteiger partial charge in [-0.2, -0.15) is 0 Å². The summed E-state index contributed by atoms with van der Waals surface area (Å²) in [6.07, 6.45) is 2.43. The molecule has 0 aromatic heterocycles. The molecule has 0 aliphatic carbocycles. The quantitative estimate of drug-likeness (QED) is 0.441. The maximum absolute atomic E-state index is 12.7. The van der Waals surface area contributed by atoms with E-state index in [9.17, 15) is 14.9 Å². The number of nitrogens with two attached hydrogens (primary N) is 1. The van der Waals surface area contributed by atoms with Crippen LogP contribution in [0.15, 0.2) is 36.4 Å². The molecule has 1 heterocycles. The Balaban J connectivity index is 1.71. The van der Waals surface area contributed by atoms with E-state index in [2.05, 4.69) is 23.2 Å². The van der Waals surface area contributed by atoms with Crippen LogP contribution in [0.2, 0.25) is 0 Å². The van der Waals surface area contributed by atoms with E-state index < -0.39 is 10.8 Å². The van der Waals surface area contributed by atoms with Crippen molar-refractivity contribution >= 4 is 17.3 Å². The monoisotopic (exact) mass is 396 g/mol. The van der Waals surface area contributed by atoms with E-state index in [1.807, 2.05) is 18.2 Å². The Kier molecular flexibility index (Phi) is 6.49. The lowest BCUT2D eigenvalue weighted by Crippen LogP contribution is -2.33. The first-order chi connectivity index (χ1) is 13.8. The molecule has 2 aromatic carbocycles. The molecule has 1 aliphatic rings. The van der Waals surface area contributed by atoms with Gasteiger partial charge in [-0.25, -0.2) is 0 Å². The van der Waals surface area contributed by atoms with E-state index in [0.29, 0.717) is 12.1 Å². The van der Waals surface area contributed by atoms with Crippen LogP contribution in [0.4, 0.5) is 11.4 Å². The zero-order valence-corrected chi connectivity index (χ0v) is 17.0. The van der Waals surface area contributed by atoms with E-state index in [4.69, 9.17) is 5.73 Å². The molecule has 7 nitrogen and oxygen atoms in total. The maximum atomic E-state index is 12.7. The highest BCUT2D eigenvalue weighted by Crippen LogP contribution is 2.27. The fourth-order valence-corrected chi connectivity index (χ4v) is 3.73. The third kappa shape index (κ3) is 5.12. The molecule has 1 aliphatic heterocycles. The van der Waals surface area contributed by atoms with Gasteiger partial charge < -0.3 is 11.1 Å². The zero-order valence-electron chi connectivity index (χ0n) is 17.0. The van der Waals surface area contributed by atoms with Crippen molar-refractivity contribution in [1.82, 2.24) is 10.2 Å². The number of nitrogens with zero attached hydrogens (tertiary/aromatic N) is 2. The molecule has 3 rings (SSSR count). The third-order valence-electron chi connectivity index (χ3n) is 5.57. The second-order valence-electron chi connectivity index (χ2n) is 7.91. The molecule has 0 saturated carbocycles. The topological polar surface area (TPSA) is 102 Å². The molecule has 1 amide bonds. The number of nitrogens with one attached hydrogen (secondary N) is 1. The van der Waals surface area contributed by atoms with Gasteiger partial charge in [-0.3, -0.25) is 19.8 Å². The van der Waals surface area contributed by atoms with Crippen LogP contribution < -0.4 is 11.1 Å². The van der Waals surface area contributed by atoms with Gasteiger partial charge in [0.1, 0.15) is 5.69 Å². The average molecular weight is 396 g/mol. The van der Waals surface area contributed by atoms with Gasteiger partial charge in [0.2, 0.25) is 0 Å². The largest absolute Gasteiger partial charge is 0.393 e. The second-order valence-corrected chi connectivity index (χ2v) is 7.91. The molecule has 0 unspecified atom stereocenters. The van der Waals surface area contributed by atoms with Gasteiger partial charge in [-0.05, 0) is 61.5 Å². The number of nitrogen functional groups attached to an aromatic ring is 1. The zero-order chi connectivity index (χ0) is 21.0. The number of hydrogen-bond donors (Lipinski definition) is 2. The first kappa shape index (κ1) is 20.8. The summed E-state index contributed by atoms with van der Waals surface area (Å²) < 4.78 is 0. The van der Waals surface area contributed by atoms with Crippen molar-refractivity contribution in [3.63, 3.8) is 0 Å². The summed E-state index contributed by atoms with van der Waals surface area (Å²) in [5.41, 5.74) is 8.52. The summed E-state index contributed by atoms with van der Waals surface area (Å²) in [4.78, 5) is 25.7. The van der Waals surface area contributed by atoms with Crippen LogP contribution in [0.1, 0.15) is 46.8 Å². The SMILES string of the molecule is Cc1cc(C(=O)NCc2ccccc2CN2CCC(C)CC2)c(N)c([N+](=O)[O-])c1. The minimum Gasteiger partial charge on any atom is -0.393 e. The van der Waals surface area contributed by atoms with Gasteiger partial charge in [0.25, 0.3) is 11.6 Å². The molecule has 7 heteroatoms. The highest BCUT2D eigenvalue weighted by atomic mass is 16.6. The lowest BCUT2D eigenvalue weighted by atomic mass is 9.98. The van der Waals surface area contributed by atoms with Crippen molar-refractivity contribution in [3.05, 3.63) is 68.8 Å². The second kappa shape index (κ2) is 9.05. The Bertz CT molecular complexity index is 905. The minimum absolute atomic E-state index is 0.103. The third-order valence-corrected chi connectivity index (χ3v) is 5.57. The first-order valence-electron chi connectivity index (χ1n) is 9.97. The number of aryl methyl sites for hydroxylation is 1. The Morgan fingerprint density at radius 1 is 1.24 bits per heavy atom. The number of carbonyl (C=O) groups is 1. The normalized spacial score (nSPS) is 15.2. The van der Waals surface area contributed by atoms with E-state index in [0.717, 1.165) is 31.1 Å². The molecule has 1 saturated heterocycles. The number of nitro benzene ring substituents is 1. The smallest absolute Gasteiger partial charge is 0.293 e. The van der Waals surface area contributed by atoms with Crippen molar-refractivity contribution in [2.75, 3.05) is 18.8 Å². The number of hydrogen-bond acceptors (Lipinski definition) is 5. The molecule has 0 atom stereocenters. The molecule has 2 aromatic rings. The van der Waals surface area contributed by atoms with Gasteiger partial charge in [0.05, 0.1) is 10.5 Å². The van der Waals surface area contributed by atoms with Gasteiger partial charge in [-0.15, -0.1) is 0 Å². The van der Waals surface area contributed by atoms with Crippen LogP contribution in [-0.4, -0.2) is 28.8 Å². The summed E-state index contributed by atoms with van der Waals surface area (Å²) >= 11 is 0. The number of anilines is 1. The van der Waals surface area contributed by atoms with Crippen LogP contribution in [0.5, 0.6) is 0 Å². The molecule has 29 heavy (non-hydrogen) atoms. The van der Waals surface area contributed by atoms with E-state index in [1.165, 1.54) is 24.5 Å². The van der Waals surface area contributed by atoms with Crippen LogP contribution in [0.3, 0.4) is 0 Å². The highest BCUT2D eigenvalue weighted by Gasteiger charge is 2.21. The molecule has 0 bridgehead atoms. The molecular formula is C22H28N4O3. The van der Waals surface area contributed by atoms with Crippen molar-refractivity contribution in [2.24, 2.45) is 5.92 Å². The molecule has 0 spiro atoms. The Morgan fingerprint density at radius 3 is 2.55 bits per heavy atom. The van der Waals surface area contributed by atoms with Crippen LogP contribution >= 0.6 is 0 Å². The van der Waals surface area contributed by atoms with Crippen molar-refractivity contribution < 1.29 is 9.72 Å². The Morgan fingerprint density at radius 2 is 1.90 bits per heavy atom. The summed E-state index contributed by atoms with van der Waals surface area (Å²) in [5, 5.41) is 14.0. The van der Waals surface area contributed by atoms with E-state index >= 15 is 0 Å². The lowest BCUT2D eigenvalue weighted by Gasteiger charge is -2.30. The summed E-state index contributed by atoms with van der Waals surface area (Å²) in [5.74, 6) is 0.375. The van der Waals surface area contributed by atoms with Gasteiger partial charge >= 0.3 is 0 Å². The molecule has 3 N–H and O–H groups in total. The van der Waals surface area contributed by atoms with Crippen LogP contribution in [0, 0.1) is 23.0 Å². The van der Waals surface area contributed by atoms with E-state index in [1.54, 1.807) is 13.0 Å². The summed E-state index contributed by atoms with van der Waals surface area (Å²) in [7, 11) is 0. The van der Waals surface area contributed by atoms with Gasteiger partial charge in [0.15, 0.2) is 0 Å². The average Bonchev–Trinajstić information content (AvgIpc) is 2.70. The Hall–Kier alpha value is -2.93. The fourth-order valence-electron chi connectivity index (χ4n) is 3.73. The number of carbonyl (C=O) groups excluding carboxylic acids is 1. The van der Waals surface area contributed by atoms with Gasteiger partial charge in [0, 0.05) is 19.2 Å². The molecule has 154 valence electrons. The molecular weight excluding hydrogens is 368 g/mol. The number of piperidine rings is 1. The predicted octanol–water partition coefficient (Wildman–Crippen LogP) is 3.65. The number of amides is 1. The maximum Gasteiger partial charge on any atom is 0.293 e. The minimum atomic E-state index is -0.562. The standard InChI is InChI=1S/C22H28N4O3/c1-15-7-9-25(10-8-15)14-18-6-4-3-5-17(18)13-24-22(27)19-11-16(2)12-20(21(19)23)26(28)29/h3-6,11-12,15H,7-10,13-14,23H2,1-2H3,(H,24,27). The summed E-state index contributed by atoms with van der Waals surface area (Å²) in [6, 6.07) is 11.0. The van der Waals surface area contributed by atoms with Crippen LogP contribution in [0.25, 0.3) is 0 Å². The summed E-state index contributed by atoms with van der Waals surface area (Å²) in [6.45, 7) is 7.38. The lowest BCUT2D eigenvalue weighted by molar-refractivity contribution is -0.384. The molecule has 0 radical (unpaired) electrons. The number of nitro groups is 1. The highest BCUT2D eigenvalue weighted by molar-refractivity contribution is 6.01. The number of likely N-dealkylation sites (tertiary alicyclic amines) is 1. The van der Waals surface area contributed by atoms with Crippen molar-refractivity contribution in [1.29, 1.82) is 0 Å². The van der Waals surface area contributed by atoms with Crippen LogP contribution in [-0.2, 0) is 13.1 Å². The Labute approximate surface area is 171 Å². The van der Waals surface area contributed by atoms with Crippen molar-refractivity contribution in [2.45, 2.75) is 39.8 Å². The van der Waals surface area contributed by atoms with Gasteiger partial charge in [-0.1, -0.05) is 31.2 Å². The van der Waals surface area contributed by atoms with Crippen molar-refractivity contribution in [3.8, 4) is 0 Å². The van der Waals surface area contributed by atoms with E-state index in [-0.39, 0.29) is 16.9 Å².